The summed E-state index contributed by atoms with van der Waals surface area (Å²) in [7, 11) is 0. The second kappa shape index (κ2) is 16.8. The van der Waals surface area contributed by atoms with E-state index >= 15 is 0 Å². The van der Waals surface area contributed by atoms with Crippen LogP contribution in [0.2, 0.25) is 0 Å². The molecule has 1 spiro atoms. The first-order valence-corrected chi connectivity index (χ1v) is 23.2. The average molecular weight is 869 g/mol. The van der Waals surface area contributed by atoms with Crippen molar-refractivity contribution in [2.75, 3.05) is 13.2 Å². The van der Waals surface area contributed by atoms with Gasteiger partial charge < -0.3 is 78.7 Å². The Labute approximate surface area is 358 Å². The largest absolute Gasteiger partial charge is 0.394 e. The lowest BCUT2D eigenvalue weighted by atomic mass is 9.47. The third-order valence-electron chi connectivity index (χ3n) is 17.6. The lowest BCUT2D eigenvalue weighted by Gasteiger charge is -2.58. The first-order chi connectivity index (χ1) is 28.9. The van der Waals surface area contributed by atoms with E-state index in [1.165, 1.54) is 25.8 Å². The molecule has 61 heavy (non-hydrogen) atoms. The minimum atomic E-state index is -1.71. The fourth-order valence-corrected chi connectivity index (χ4v) is 14.0. The highest BCUT2D eigenvalue weighted by Crippen LogP contribution is 2.70. The highest BCUT2D eigenvalue weighted by atomic mass is 16.8. The van der Waals surface area contributed by atoms with Gasteiger partial charge in [0.25, 0.3) is 0 Å². The van der Waals surface area contributed by atoms with Gasteiger partial charge in [-0.1, -0.05) is 39.3 Å². The smallest absolute Gasteiger partial charge is 0.187 e. The van der Waals surface area contributed by atoms with E-state index in [2.05, 4.69) is 33.8 Å². The van der Waals surface area contributed by atoms with Crippen LogP contribution >= 0.6 is 0 Å². The molecule has 0 amide bonds. The van der Waals surface area contributed by atoms with Gasteiger partial charge in [0, 0.05) is 12.3 Å². The zero-order valence-corrected chi connectivity index (χ0v) is 36.5. The van der Waals surface area contributed by atoms with Gasteiger partial charge in [0.05, 0.1) is 37.6 Å². The summed E-state index contributed by atoms with van der Waals surface area (Å²) in [5, 5.41) is 85.9. The molecule has 16 nitrogen and oxygen atoms in total. The van der Waals surface area contributed by atoms with Crippen molar-refractivity contribution in [1.29, 1.82) is 0 Å². The zero-order chi connectivity index (χ0) is 43.5. The highest BCUT2D eigenvalue weighted by Gasteiger charge is 2.69. The summed E-state index contributed by atoms with van der Waals surface area (Å²) in [5.41, 5.74) is 1.53. The molecule has 8 fully saturated rings. The molecule has 9 aliphatic rings. The van der Waals surface area contributed by atoms with Crippen molar-refractivity contribution in [3.8, 4) is 0 Å². The Balaban J connectivity index is 0.916. The van der Waals surface area contributed by atoms with Crippen LogP contribution in [0.4, 0.5) is 0 Å². The second-order valence-electron chi connectivity index (χ2n) is 21.1. The van der Waals surface area contributed by atoms with E-state index in [-0.39, 0.29) is 23.0 Å². The van der Waals surface area contributed by atoms with Gasteiger partial charge in [0.2, 0.25) is 0 Å². The summed E-state index contributed by atoms with van der Waals surface area (Å²) in [6.45, 7) is 12.7. The van der Waals surface area contributed by atoms with E-state index < -0.39 is 105 Å². The minimum Gasteiger partial charge on any atom is -0.394 e. The van der Waals surface area contributed by atoms with E-state index in [0.29, 0.717) is 48.3 Å². The fourth-order valence-electron chi connectivity index (χ4n) is 14.0. The van der Waals surface area contributed by atoms with Crippen molar-refractivity contribution in [3.05, 3.63) is 11.6 Å². The summed E-state index contributed by atoms with van der Waals surface area (Å²) in [6, 6.07) is 0. The van der Waals surface area contributed by atoms with Crippen LogP contribution < -0.4 is 0 Å². The summed E-state index contributed by atoms with van der Waals surface area (Å²) in [4.78, 5) is 0. The molecule has 4 aliphatic carbocycles. The van der Waals surface area contributed by atoms with Crippen molar-refractivity contribution in [1.82, 2.24) is 0 Å². The Morgan fingerprint density at radius 3 is 1.97 bits per heavy atom. The molecular formula is C45H72O16. The van der Waals surface area contributed by atoms with Crippen molar-refractivity contribution in [2.24, 2.45) is 46.3 Å². The third kappa shape index (κ3) is 7.42. The lowest BCUT2D eigenvalue weighted by Crippen LogP contribution is -2.66. The predicted molar refractivity (Wildman–Crippen MR) is 213 cm³/mol. The number of hydrogen-bond donors (Lipinski definition) is 8. The van der Waals surface area contributed by atoms with Gasteiger partial charge in [-0.05, 0) is 106 Å². The Kier molecular flexibility index (Phi) is 12.4. The number of aliphatic hydroxyl groups excluding tert-OH is 8. The molecule has 0 radical (unpaired) electrons. The van der Waals surface area contributed by atoms with Crippen molar-refractivity contribution in [3.63, 3.8) is 0 Å². The molecule has 5 aliphatic heterocycles. The van der Waals surface area contributed by atoms with Crippen molar-refractivity contribution >= 4 is 0 Å². The normalized spacial score (nSPS) is 58.4. The van der Waals surface area contributed by atoms with E-state index in [1.54, 1.807) is 0 Å². The molecular weight excluding hydrogens is 796 g/mol. The van der Waals surface area contributed by atoms with E-state index in [9.17, 15) is 40.9 Å². The van der Waals surface area contributed by atoms with Gasteiger partial charge in [0.1, 0.15) is 61.0 Å². The first-order valence-electron chi connectivity index (χ1n) is 23.2. The summed E-state index contributed by atoms with van der Waals surface area (Å²) < 4.78 is 50.1. The minimum absolute atomic E-state index is 0.0171. The SMILES string of the molecule is C[C@@H]1CC[C@]2(OC1)O[C@@H]1CC3[C@@H]4CC=C5C[C@@H](O[C@@H]6O[C@H](CO)[C@@H](O[C@@H]7O[C@@H](C)[C@H](O)[C@@H](O)[C@H]7O)[C@H](O)[C@H]6O[C@@H]6O[C@H](C)[C@H](O)[C@@H](O)[C@H]6O)CC[C@@]5(C)[C@H]4CC[C@@]3(C)C1[C@@H]2C. The predicted octanol–water partition coefficient (Wildman–Crippen LogP) is 1.24. The Hall–Kier alpha value is -0.900. The molecule has 3 saturated carbocycles. The number of allylic oxidation sites excluding steroid dienone is 1. The van der Waals surface area contributed by atoms with Crippen LogP contribution in [0, 0.1) is 46.3 Å². The summed E-state index contributed by atoms with van der Waals surface area (Å²) in [5.74, 6) is 2.64. The van der Waals surface area contributed by atoms with E-state index in [0.717, 1.165) is 45.1 Å². The van der Waals surface area contributed by atoms with Gasteiger partial charge in [-0.2, -0.15) is 0 Å². The molecule has 0 bridgehead atoms. The highest BCUT2D eigenvalue weighted by molar-refractivity contribution is 5.26. The van der Waals surface area contributed by atoms with Crippen LogP contribution in [0.15, 0.2) is 11.6 Å². The maximum absolute atomic E-state index is 12.0. The fraction of sp³-hybridized carbons (Fsp3) is 0.956. The molecule has 0 aromatic heterocycles. The Morgan fingerprint density at radius 2 is 1.34 bits per heavy atom. The molecule has 5 heterocycles. The third-order valence-corrected chi connectivity index (χ3v) is 17.6. The Morgan fingerprint density at radius 1 is 0.689 bits per heavy atom. The molecule has 26 atom stereocenters. The Bertz CT molecular complexity index is 1590. The maximum atomic E-state index is 12.0. The topological polar surface area (TPSA) is 236 Å². The molecule has 8 N–H and O–H groups in total. The monoisotopic (exact) mass is 868 g/mol. The van der Waals surface area contributed by atoms with Gasteiger partial charge in [-0.3, -0.25) is 0 Å². The molecule has 348 valence electrons. The van der Waals surface area contributed by atoms with Crippen LogP contribution in [-0.4, -0.2) is 164 Å². The van der Waals surface area contributed by atoms with Crippen LogP contribution in [0.25, 0.3) is 0 Å². The molecule has 0 aromatic carbocycles. The molecule has 9 rings (SSSR count). The number of hydrogen-bond acceptors (Lipinski definition) is 16. The van der Waals surface area contributed by atoms with Gasteiger partial charge in [-0.15, -0.1) is 0 Å². The molecule has 2 unspecified atom stereocenters. The standard InChI is InChI=1S/C45H72O16/c1-19-9-14-45(54-18-19)20(2)30-28(61-45)16-27-25-8-7-23-15-24(10-12-43(23,5)26(25)11-13-44(27,30)6)57-42-39(60-41-36(52)34(50)32(48)22(4)56-41)37(53)38(29(17-46)58-42)59-40-35(51)33(49)31(47)21(3)55-40/h7,19-22,24-42,46-53H,8-18H2,1-6H3/t19-,20+,21+,22-,24+,25-,26+,27?,28-,29-,30?,31+,32+,33-,34-,35-,36-,37+,38-,39-,40+,41+,42-,43-,44-,45+/m1/s1. The second-order valence-corrected chi connectivity index (χ2v) is 21.1. The maximum Gasteiger partial charge on any atom is 0.187 e. The van der Waals surface area contributed by atoms with E-state index in [1.807, 2.05) is 0 Å². The van der Waals surface area contributed by atoms with Crippen molar-refractivity contribution in [2.45, 2.75) is 209 Å². The zero-order valence-electron chi connectivity index (χ0n) is 36.5. The first kappa shape index (κ1) is 45.3. The van der Waals surface area contributed by atoms with Gasteiger partial charge in [-0.25, -0.2) is 0 Å². The number of ether oxygens (including phenoxy) is 8. The van der Waals surface area contributed by atoms with Gasteiger partial charge >= 0.3 is 0 Å². The number of fused-ring (bicyclic) bond motifs is 7. The number of aliphatic hydroxyl groups is 8. The molecule has 5 saturated heterocycles. The number of rotatable bonds is 7. The summed E-state index contributed by atoms with van der Waals surface area (Å²) in [6.07, 6.45) is -10.4. The summed E-state index contributed by atoms with van der Waals surface area (Å²) >= 11 is 0. The van der Waals surface area contributed by atoms with Crippen LogP contribution in [0.3, 0.4) is 0 Å². The lowest BCUT2D eigenvalue weighted by molar-refractivity contribution is -0.388. The van der Waals surface area contributed by atoms with Crippen LogP contribution in [-0.2, 0) is 37.9 Å². The molecule has 16 heteroatoms. The molecule has 0 aromatic rings. The van der Waals surface area contributed by atoms with Crippen molar-refractivity contribution < 1.29 is 78.7 Å². The van der Waals surface area contributed by atoms with Crippen LogP contribution in [0.1, 0.15) is 99.3 Å². The van der Waals surface area contributed by atoms with Gasteiger partial charge in [0.15, 0.2) is 24.7 Å². The quantitative estimate of drug-likeness (QED) is 0.168. The van der Waals surface area contributed by atoms with Crippen LogP contribution in [0.5, 0.6) is 0 Å². The van der Waals surface area contributed by atoms with E-state index in [4.69, 9.17) is 37.9 Å². The average Bonchev–Trinajstić information content (AvgIpc) is 3.69.